The Hall–Kier alpha value is -0.563. The average Bonchev–Trinajstić information content (AvgIpc) is 2.45. The Morgan fingerprint density at radius 2 is 1.48 bits per heavy atom. The van der Waals surface area contributed by atoms with Crippen molar-refractivity contribution in [1.29, 1.82) is 0 Å². The quantitative estimate of drug-likeness (QED) is 0.537. The monoisotopic (exact) mass is 326 g/mol. The van der Waals surface area contributed by atoms with Crippen LogP contribution in [0.3, 0.4) is 0 Å². The topological polar surface area (TPSA) is 0 Å². The molecule has 4 rings (SSSR count). The van der Waals surface area contributed by atoms with Crippen LogP contribution in [0.1, 0.15) is 82.6 Å². The summed E-state index contributed by atoms with van der Waals surface area (Å²) >= 11 is 0. The van der Waals surface area contributed by atoms with Crippen LogP contribution in [0.2, 0.25) is 18.6 Å². The Bertz CT molecular complexity index is 696. The van der Waals surface area contributed by atoms with E-state index in [1.807, 2.05) is 10.8 Å². The molecule has 1 heteroatoms. The third-order valence-corrected chi connectivity index (χ3v) is 12.4. The zero-order valence-electron chi connectivity index (χ0n) is 16.3. The summed E-state index contributed by atoms with van der Waals surface area (Å²) in [6.07, 6.45) is 5.61. The molecule has 2 unspecified atom stereocenters. The number of aryl methyl sites for hydroxylation is 1. The predicted molar refractivity (Wildman–Crippen MR) is 104 cm³/mol. The molecule has 0 spiro atoms. The van der Waals surface area contributed by atoms with Crippen molar-refractivity contribution in [3.8, 4) is 0 Å². The van der Waals surface area contributed by atoms with Gasteiger partial charge >= 0.3 is 0 Å². The molecular formula is C22H34Si. The molecule has 0 radical (unpaired) electrons. The Balaban J connectivity index is 2.16. The van der Waals surface area contributed by atoms with Gasteiger partial charge in [-0.2, -0.15) is 0 Å². The molecule has 0 fully saturated rings. The van der Waals surface area contributed by atoms with Gasteiger partial charge in [0.05, 0.1) is 8.07 Å². The second-order valence-electron chi connectivity index (χ2n) is 10.8. The van der Waals surface area contributed by atoms with E-state index < -0.39 is 8.07 Å². The number of benzene rings is 1. The third-order valence-electron chi connectivity index (χ3n) is 7.97. The van der Waals surface area contributed by atoms with E-state index in [0.717, 1.165) is 0 Å². The fourth-order valence-electron chi connectivity index (χ4n) is 6.19. The molecule has 1 aliphatic carbocycles. The summed E-state index contributed by atoms with van der Waals surface area (Å²) in [5.41, 5.74) is 8.15. The lowest BCUT2D eigenvalue weighted by Gasteiger charge is -2.56. The highest BCUT2D eigenvalue weighted by molar-refractivity contribution is 6.92. The van der Waals surface area contributed by atoms with Gasteiger partial charge in [0.25, 0.3) is 0 Å². The van der Waals surface area contributed by atoms with E-state index >= 15 is 0 Å². The average molecular weight is 327 g/mol. The minimum absolute atomic E-state index is 0.364. The standard InChI is InChI=1S/C22H34Si/c1-15-14-16-18-19-17(15)21(4,5)10-12-23(19,7)13-11-22(18,6)9-8-20(16,2)3/h14H,8-13H2,1-7H3. The lowest BCUT2D eigenvalue weighted by atomic mass is 9.59. The summed E-state index contributed by atoms with van der Waals surface area (Å²) in [6, 6.07) is 5.65. The maximum atomic E-state index is 2.71. The maximum Gasteiger partial charge on any atom is 0.0845 e. The first-order chi connectivity index (χ1) is 10.5. The summed E-state index contributed by atoms with van der Waals surface area (Å²) in [6.45, 7) is 17.7. The molecule has 1 aromatic rings. The van der Waals surface area contributed by atoms with Crippen molar-refractivity contribution in [1.82, 2.24) is 0 Å². The van der Waals surface area contributed by atoms with Crippen molar-refractivity contribution < 1.29 is 0 Å². The van der Waals surface area contributed by atoms with Crippen molar-refractivity contribution in [3.05, 3.63) is 28.3 Å². The Morgan fingerprint density at radius 3 is 2.17 bits per heavy atom. The Kier molecular flexibility index (Phi) is 3.00. The van der Waals surface area contributed by atoms with E-state index in [-0.39, 0.29) is 0 Å². The number of hydrogen-bond acceptors (Lipinski definition) is 0. The minimum atomic E-state index is -1.27. The van der Waals surface area contributed by atoms with Gasteiger partial charge in [-0.3, -0.25) is 0 Å². The number of hydrogen-bond donors (Lipinski definition) is 0. The van der Waals surface area contributed by atoms with Crippen molar-refractivity contribution in [2.75, 3.05) is 0 Å². The first-order valence-electron chi connectivity index (χ1n) is 9.70. The zero-order valence-corrected chi connectivity index (χ0v) is 17.3. The first kappa shape index (κ1) is 15.9. The molecule has 0 saturated carbocycles. The molecular weight excluding hydrogens is 292 g/mol. The largest absolute Gasteiger partial charge is 0.0845 e. The van der Waals surface area contributed by atoms with Gasteiger partial charge in [0.1, 0.15) is 0 Å². The van der Waals surface area contributed by atoms with Gasteiger partial charge in [-0.25, -0.2) is 0 Å². The van der Waals surface area contributed by atoms with Gasteiger partial charge in [0, 0.05) is 0 Å². The van der Waals surface area contributed by atoms with Crippen LogP contribution < -0.4 is 5.19 Å². The van der Waals surface area contributed by atoms with Crippen molar-refractivity contribution in [2.45, 2.75) is 102 Å². The van der Waals surface area contributed by atoms with Gasteiger partial charge in [-0.15, -0.1) is 0 Å². The van der Waals surface area contributed by atoms with E-state index in [0.29, 0.717) is 16.2 Å². The zero-order chi connectivity index (χ0) is 16.8. The molecule has 23 heavy (non-hydrogen) atoms. The predicted octanol–water partition coefficient (Wildman–Crippen LogP) is 5.69. The molecule has 0 N–H and O–H groups in total. The van der Waals surface area contributed by atoms with E-state index in [1.165, 1.54) is 37.8 Å². The molecule has 126 valence electrons. The SMILES string of the molecule is Cc1cc2c3c4c1C(C)(C)CC[Si]4(C)CCC3(C)CCC2(C)C. The van der Waals surface area contributed by atoms with E-state index in [9.17, 15) is 0 Å². The van der Waals surface area contributed by atoms with Crippen LogP contribution in [0.25, 0.3) is 0 Å². The van der Waals surface area contributed by atoms with Crippen LogP contribution >= 0.6 is 0 Å². The van der Waals surface area contributed by atoms with Crippen molar-refractivity contribution in [3.63, 3.8) is 0 Å². The van der Waals surface area contributed by atoms with E-state index in [1.54, 1.807) is 16.7 Å². The molecule has 2 heterocycles. The molecule has 0 amide bonds. The first-order valence-corrected chi connectivity index (χ1v) is 12.6. The molecule has 2 atom stereocenters. The fourth-order valence-corrected chi connectivity index (χ4v) is 11.4. The molecule has 0 nitrogen and oxygen atoms in total. The molecule has 3 aliphatic rings. The van der Waals surface area contributed by atoms with Gasteiger partial charge in [-0.1, -0.05) is 64.5 Å². The lowest BCUT2D eigenvalue weighted by Crippen LogP contribution is -2.61. The van der Waals surface area contributed by atoms with Crippen LogP contribution in [0.15, 0.2) is 6.07 Å². The molecule has 0 saturated heterocycles. The van der Waals surface area contributed by atoms with Gasteiger partial charge < -0.3 is 0 Å². The molecule has 0 bridgehead atoms. The second-order valence-corrected chi connectivity index (χ2v) is 15.4. The summed E-state index contributed by atoms with van der Waals surface area (Å²) in [5, 5.41) is 1.94. The van der Waals surface area contributed by atoms with E-state index in [4.69, 9.17) is 0 Å². The van der Waals surface area contributed by atoms with Crippen LogP contribution in [0.5, 0.6) is 0 Å². The van der Waals surface area contributed by atoms with Crippen LogP contribution in [0, 0.1) is 6.92 Å². The lowest BCUT2D eigenvalue weighted by molar-refractivity contribution is 0.300. The highest BCUT2D eigenvalue weighted by atomic mass is 28.3. The highest BCUT2D eigenvalue weighted by Crippen LogP contribution is 2.55. The molecule has 2 aliphatic heterocycles. The van der Waals surface area contributed by atoms with Gasteiger partial charge in [0.15, 0.2) is 0 Å². The normalized spacial score (nSPS) is 36.5. The molecule has 0 aromatic heterocycles. The van der Waals surface area contributed by atoms with Crippen LogP contribution in [0.4, 0.5) is 0 Å². The van der Waals surface area contributed by atoms with Crippen LogP contribution in [-0.2, 0) is 16.2 Å². The highest BCUT2D eigenvalue weighted by Gasteiger charge is 2.53. The van der Waals surface area contributed by atoms with Crippen molar-refractivity contribution >= 4 is 13.3 Å². The second kappa shape index (κ2) is 4.34. The summed E-state index contributed by atoms with van der Waals surface area (Å²) in [4.78, 5) is 0. The Labute approximate surface area is 144 Å². The Morgan fingerprint density at radius 1 is 0.826 bits per heavy atom. The summed E-state index contributed by atoms with van der Waals surface area (Å²) < 4.78 is 0. The van der Waals surface area contributed by atoms with Crippen molar-refractivity contribution in [2.24, 2.45) is 0 Å². The summed E-state index contributed by atoms with van der Waals surface area (Å²) in [7, 11) is -1.27. The number of rotatable bonds is 0. The molecule has 1 aromatic carbocycles. The summed E-state index contributed by atoms with van der Waals surface area (Å²) in [5.74, 6) is 0. The smallest absolute Gasteiger partial charge is 0.0652 e. The van der Waals surface area contributed by atoms with Gasteiger partial charge in [0.2, 0.25) is 0 Å². The fraction of sp³-hybridized carbons (Fsp3) is 0.727. The van der Waals surface area contributed by atoms with Gasteiger partial charge in [-0.05, 0) is 71.1 Å². The maximum absolute atomic E-state index is 2.71. The van der Waals surface area contributed by atoms with Crippen LogP contribution in [-0.4, -0.2) is 8.07 Å². The third kappa shape index (κ3) is 1.95. The minimum Gasteiger partial charge on any atom is -0.0652 e. The van der Waals surface area contributed by atoms with E-state index in [2.05, 4.69) is 54.2 Å².